The fourth-order valence-corrected chi connectivity index (χ4v) is 1.25. The van der Waals surface area contributed by atoms with Gasteiger partial charge >= 0.3 is 6.36 Å². The molecule has 0 aliphatic carbocycles. The number of nitrogens with two attached hydrogens (primary N) is 1. The molecule has 1 aromatic carbocycles. The van der Waals surface area contributed by atoms with Crippen LogP contribution in [0.2, 0.25) is 0 Å². The minimum absolute atomic E-state index is 0. The molecule has 3 N–H and O–H groups in total. The van der Waals surface area contributed by atoms with Crippen LogP contribution in [0.1, 0.15) is 24.9 Å². The highest BCUT2D eigenvalue weighted by Gasteiger charge is 2.31. The summed E-state index contributed by atoms with van der Waals surface area (Å²) in [5.74, 6) is -0.520. The van der Waals surface area contributed by atoms with E-state index in [1.807, 2.05) is 0 Å². The fraction of sp³-hybridized carbons (Fsp3) is 0.400. The minimum atomic E-state index is -4.75. The summed E-state index contributed by atoms with van der Waals surface area (Å²) in [5, 5.41) is 9.42. The lowest BCUT2D eigenvalue weighted by atomic mass is 10.0. The van der Waals surface area contributed by atoms with Gasteiger partial charge in [0.25, 0.3) is 0 Å². The summed E-state index contributed by atoms with van der Waals surface area (Å²) in [6.45, 7) is 1.77. The Balaban J connectivity index is 0.00000256. The van der Waals surface area contributed by atoms with Gasteiger partial charge in [0.1, 0.15) is 11.5 Å². The van der Waals surface area contributed by atoms with Gasteiger partial charge < -0.3 is 15.6 Å². The topological polar surface area (TPSA) is 55.5 Å². The first-order chi connectivity index (χ1) is 7.33. The maximum absolute atomic E-state index is 11.9. The number of hydrogen-bond acceptors (Lipinski definition) is 3. The van der Waals surface area contributed by atoms with Gasteiger partial charge in [0.15, 0.2) is 0 Å². The highest BCUT2D eigenvalue weighted by Crippen LogP contribution is 2.31. The minimum Gasteiger partial charge on any atom is -0.508 e. The van der Waals surface area contributed by atoms with Gasteiger partial charge in [-0.3, -0.25) is 0 Å². The van der Waals surface area contributed by atoms with Gasteiger partial charge in [-0.05, 0) is 24.6 Å². The number of halogens is 4. The number of ether oxygens (including phenoxy) is 1. The molecular weight excluding hydrogens is 259 g/mol. The average molecular weight is 272 g/mol. The van der Waals surface area contributed by atoms with Gasteiger partial charge in [0.2, 0.25) is 0 Å². The van der Waals surface area contributed by atoms with Crippen LogP contribution in [-0.2, 0) is 0 Å². The van der Waals surface area contributed by atoms with Crippen LogP contribution in [0.15, 0.2) is 18.2 Å². The summed E-state index contributed by atoms with van der Waals surface area (Å²) >= 11 is 0. The summed E-state index contributed by atoms with van der Waals surface area (Å²) in [6.07, 6.45) is -4.24. The zero-order valence-electron chi connectivity index (χ0n) is 8.99. The molecule has 0 radical (unpaired) electrons. The number of rotatable bonds is 3. The zero-order chi connectivity index (χ0) is 12.3. The average Bonchev–Trinajstić information content (AvgIpc) is 2.18. The van der Waals surface area contributed by atoms with Crippen LogP contribution < -0.4 is 10.5 Å². The normalized spacial score (nSPS) is 12.8. The van der Waals surface area contributed by atoms with E-state index < -0.39 is 12.4 Å². The van der Waals surface area contributed by atoms with E-state index in [0.717, 1.165) is 18.2 Å². The van der Waals surface area contributed by atoms with Crippen molar-refractivity contribution in [3.8, 4) is 11.5 Å². The molecular formula is C10H13ClF3NO2. The molecule has 7 heteroatoms. The molecule has 0 aliphatic rings. The number of alkyl halides is 3. The molecule has 0 aromatic heterocycles. The Bertz CT molecular complexity index is 371. The maximum atomic E-state index is 11.9. The molecule has 0 amide bonds. The number of hydrogen-bond donors (Lipinski definition) is 2. The SMILES string of the molecule is CC[C@H](N)c1cc(OC(F)(F)F)ccc1O.Cl. The third-order valence-corrected chi connectivity index (χ3v) is 2.07. The smallest absolute Gasteiger partial charge is 0.508 e. The standard InChI is InChI=1S/C10H12F3NO2.ClH/c1-2-8(14)7-5-6(3-4-9(7)15)16-10(11,12)13;/h3-5,8,15H,2,14H2,1H3;1H/t8-;/m0./s1. The lowest BCUT2D eigenvalue weighted by Gasteiger charge is -2.14. The molecule has 0 saturated carbocycles. The van der Waals surface area contributed by atoms with Crippen molar-refractivity contribution in [2.45, 2.75) is 25.7 Å². The second-order valence-corrected chi connectivity index (χ2v) is 3.28. The van der Waals surface area contributed by atoms with Crippen molar-refractivity contribution in [2.75, 3.05) is 0 Å². The second kappa shape index (κ2) is 5.97. The Kier molecular flexibility index (Phi) is 5.57. The van der Waals surface area contributed by atoms with Crippen LogP contribution in [0.4, 0.5) is 13.2 Å². The molecule has 0 bridgehead atoms. The van der Waals surface area contributed by atoms with E-state index in [1.54, 1.807) is 6.92 Å². The van der Waals surface area contributed by atoms with Gasteiger partial charge in [0.05, 0.1) is 0 Å². The second-order valence-electron chi connectivity index (χ2n) is 3.28. The number of benzene rings is 1. The predicted molar refractivity (Wildman–Crippen MR) is 59.3 cm³/mol. The summed E-state index contributed by atoms with van der Waals surface area (Å²) in [7, 11) is 0. The molecule has 1 aromatic rings. The van der Waals surface area contributed by atoms with Crippen LogP contribution >= 0.6 is 12.4 Å². The van der Waals surface area contributed by atoms with Crippen molar-refractivity contribution < 1.29 is 23.0 Å². The van der Waals surface area contributed by atoms with Crippen molar-refractivity contribution in [3.05, 3.63) is 23.8 Å². The van der Waals surface area contributed by atoms with E-state index in [2.05, 4.69) is 4.74 Å². The predicted octanol–water partition coefficient (Wildman–Crippen LogP) is 3.12. The van der Waals surface area contributed by atoms with Gasteiger partial charge in [-0.25, -0.2) is 0 Å². The molecule has 0 saturated heterocycles. The van der Waals surface area contributed by atoms with E-state index in [1.165, 1.54) is 0 Å². The molecule has 0 spiro atoms. The highest BCUT2D eigenvalue weighted by atomic mass is 35.5. The number of phenolic OH excluding ortho intramolecular Hbond substituents is 1. The Hall–Kier alpha value is -1.14. The Morgan fingerprint density at radius 2 is 2.00 bits per heavy atom. The molecule has 17 heavy (non-hydrogen) atoms. The van der Waals surface area contributed by atoms with Crippen molar-refractivity contribution in [3.63, 3.8) is 0 Å². The first kappa shape index (κ1) is 15.9. The first-order valence-electron chi connectivity index (χ1n) is 4.67. The molecule has 1 atom stereocenters. The first-order valence-corrected chi connectivity index (χ1v) is 4.67. The fourth-order valence-electron chi connectivity index (χ4n) is 1.25. The Morgan fingerprint density at radius 3 is 2.47 bits per heavy atom. The van der Waals surface area contributed by atoms with Crippen LogP contribution in [0.5, 0.6) is 11.5 Å². The molecule has 0 fully saturated rings. The van der Waals surface area contributed by atoms with E-state index in [4.69, 9.17) is 5.73 Å². The van der Waals surface area contributed by atoms with Crippen molar-refractivity contribution in [1.29, 1.82) is 0 Å². The zero-order valence-corrected chi connectivity index (χ0v) is 9.81. The molecule has 0 unspecified atom stereocenters. The van der Waals surface area contributed by atoms with E-state index >= 15 is 0 Å². The van der Waals surface area contributed by atoms with Crippen molar-refractivity contribution >= 4 is 12.4 Å². The van der Waals surface area contributed by atoms with Gasteiger partial charge in [0, 0.05) is 11.6 Å². The molecule has 3 nitrogen and oxygen atoms in total. The lowest BCUT2D eigenvalue weighted by Crippen LogP contribution is -2.17. The van der Waals surface area contributed by atoms with Gasteiger partial charge in [-0.1, -0.05) is 6.92 Å². The Morgan fingerprint density at radius 1 is 1.41 bits per heavy atom. The number of aromatic hydroxyl groups is 1. The van der Waals surface area contributed by atoms with Crippen LogP contribution in [0.3, 0.4) is 0 Å². The van der Waals surface area contributed by atoms with E-state index in [9.17, 15) is 18.3 Å². The quantitative estimate of drug-likeness (QED) is 0.888. The molecule has 0 heterocycles. The lowest BCUT2D eigenvalue weighted by molar-refractivity contribution is -0.274. The molecule has 0 aliphatic heterocycles. The van der Waals surface area contributed by atoms with Crippen molar-refractivity contribution in [2.24, 2.45) is 5.73 Å². The third kappa shape index (κ3) is 4.70. The van der Waals surface area contributed by atoms with Gasteiger partial charge in [-0.15, -0.1) is 25.6 Å². The third-order valence-electron chi connectivity index (χ3n) is 2.07. The number of phenols is 1. The maximum Gasteiger partial charge on any atom is 0.573 e. The summed E-state index contributed by atoms with van der Waals surface area (Å²) < 4.78 is 39.5. The molecule has 98 valence electrons. The van der Waals surface area contributed by atoms with E-state index in [0.29, 0.717) is 6.42 Å². The monoisotopic (exact) mass is 271 g/mol. The van der Waals surface area contributed by atoms with Crippen LogP contribution in [0, 0.1) is 0 Å². The van der Waals surface area contributed by atoms with Gasteiger partial charge in [-0.2, -0.15) is 0 Å². The van der Waals surface area contributed by atoms with Crippen LogP contribution in [0.25, 0.3) is 0 Å². The largest absolute Gasteiger partial charge is 0.573 e. The highest BCUT2D eigenvalue weighted by molar-refractivity contribution is 5.85. The summed E-state index contributed by atoms with van der Waals surface area (Å²) in [4.78, 5) is 0. The summed E-state index contributed by atoms with van der Waals surface area (Å²) in [5.41, 5.74) is 5.87. The van der Waals surface area contributed by atoms with E-state index in [-0.39, 0.29) is 29.5 Å². The van der Waals surface area contributed by atoms with Crippen molar-refractivity contribution in [1.82, 2.24) is 0 Å². The Labute approximate surface area is 103 Å². The molecule has 1 rings (SSSR count). The summed E-state index contributed by atoms with van der Waals surface area (Å²) in [6, 6.07) is 2.74. The van der Waals surface area contributed by atoms with Crippen LogP contribution in [-0.4, -0.2) is 11.5 Å².